The van der Waals surface area contributed by atoms with Crippen LogP contribution >= 0.6 is 0 Å². The molecule has 4 rings (SSSR count). The molecule has 1 N–H and O–H groups in total. The van der Waals surface area contributed by atoms with Crippen molar-refractivity contribution in [2.45, 2.75) is 6.54 Å². The maximum Gasteiger partial charge on any atom is 0.247 e. The fraction of sp³-hybridized carbons (Fsp3) is 0.250. The Morgan fingerprint density at radius 3 is 2.36 bits per heavy atom. The fourth-order valence-electron chi connectivity index (χ4n) is 3.16. The number of anilines is 3. The van der Waals surface area contributed by atoms with E-state index in [0.29, 0.717) is 50.2 Å². The van der Waals surface area contributed by atoms with Crippen molar-refractivity contribution in [1.82, 2.24) is 15.2 Å². The van der Waals surface area contributed by atoms with E-state index in [1.165, 1.54) is 18.2 Å². The van der Waals surface area contributed by atoms with Crippen molar-refractivity contribution in [3.8, 4) is 0 Å². The Balaban J connectivity index is 1.37. The highest BCUT2D eigenvalue weighted by Gasteiger charge is 2.21. The average Bonchev–Trinajstić information content (AvgIpc) is 2.74. The second-order valence-corrected chi connectivity index (χ2v) is 6.55. The monoisotopic (exact) mass is 382 g/mol. The fourth-order valence-corrected chi connectivity index (χ4v) is 3.16. The number of halogens is 2. The van der Waals surface area contributed by atoms with E-state index in [1.807, 2.05) is 15.9 Å². The molecule has 1 aliphatic heterocycles. The molecular weight excluding hydrogens is 362 g/mol. The molecule has 2 heterocycles. The Bertz CT molecular complexity index is 926. The first kappa shape index (κ1) is 18.1. The van der Waals surface area contributed by atoms with Crippen LogP contribution in [0.25, 0.3) is 0 Å². The third kappa shape index (κ3) is 4.16. The summed E-state index contributed by atoms with van der Waals surface area (Å²) in [5.74, 6) is 0.674. The van der Waals surface area contributed by atoms with Gasteiger partial charge in [0.15, 0.2) is 5.82 Å². The van der Waals surface area contributed by atoms with Crippen molar-refractivity contribution >= 4 is 17.5 Å². The maximum absolute atomic E-state index is 14.0. The largest absolute Gasteiger partial charge is 0.366 e. The molecule has 0 spiro atoms. The van der Waals surface area contributed by atoms with E-state index >= 15 is 0 Å². The van der Waals surface area contributed by atoms with Gasteiger partial charge in [-0.05, 0) is 29.8 Å². The average molecular weight is 382 g/mol. The topological polar surface area (TPSA) is 57.2 Å². The van der Waals surface area contributed by atoms with Crippen LogP contribution in [0, 0.1) is 11.6 Å². The van der Waals surface area contributed by atoms with Crippen LogP contribution < -0.4 is 15.1 Å². The highest BCUT2D eigenvalue weighted by atomic mass is 19.1. The minimum atomic E-state index is -0.260. The first-order chi connectivity index (χ1) is 13.7. The first-order valence-corrected chi connectivity index (χ1v) is 9.11. The van der Waals surface area contributed by atoms with E-state index in [2.05, 4.69) is 20.5 Å². The van der Waals surface area contributed by atoms with Crippen LogP contribution in [0.3, 0.4) is 0 Å². The van der Waals surface area contributed by atoms with Crippen LogP contribution in [0.15, 0.2) is 54.7 Å². The molecular formula is C20H20F2N6. The molecule has 0 saturated carbocycles. The predicted molar refractivity (Wildman–Crippen MR) is 104 cm³/mol. The number of para-hydroxylation sites is 1. The smallest absolute Gasteiger partial charge is 0.247 e. The molecule has 1 aliphatic rings. The van der Waals surface area contributed by atoms with Gasteiger partial charge in [0.05, 0.1) is 11.9 Å². The van der Waals surface area contributed by atoms with Crippen LogP contribution in [0.1, 0.15) is 5.56 Å². The molecule has 2 aromatic carbocycles. The van der Waals surface area contributed by atoms with E-state index in [0.717, 1.165) is 5.56 Å². The van der Waals surface area contributed by atoms with Gasteiger partial charge in [-0.1, -0.05) is 24.3 Å². The molecule has 0 atom stereocenters. The van der Waals surface area contributed by atoms with Gasteiger partial charge in [-0.3, -0.25) is 0 Å². The minimum Gasteiger partial charge on any atom is -0.366 e. The third-order valence-electron chi connectivity index (χ3n) is 4.69. The quantitative estimate of drug-likeness (QED) is 0.732. The zero-order valence-corrected chi connectivity index (χ0v) is 15.2. The van der Waals surface area contributed by atoms with E-state index in [1.54, 1.807) is 30.5 Å². The van der Waals surface area contributed by atoms with Gasteiger partial charge in [0, 0.05) is 32.7 Å². The lowest BCUT2D eigenvalue weighted by atomic mass is 10.2. The van der Waals surface area contributed by atoms with E-state index in [-0.39, 0.29) is 11.6 Å². The number of nitrogens with zero attached hydrogens (tertiary/aromatic N) is 5. The van der Waals surface area contributed by atoms with Crippen molar-refractivity contribution in [2.24, 2.45) is 0 Å². The summed E-state index contributed by atoms with van der Waals surface area (Å²) in [7, 11) is 0. The van der Waals surface area contributed by atoms with Crippen molar-refractivity contribution in [2.75, 3.05) is 41.3 Å². The maximum atomic E-state index is 14.0. The molecule has 28 heavy (non-hydrogen) atoms. The Kier molecular flexibility index (Phi) is 5.27. The van der Waals surface area contributed by atoms with E-state index in [9.17, 15) is 8.78 Å². The summed E-state index contributed by atoms with van der Waals surface area (Å²) >= 11 is 0. The molecule has 144 valence electrons. The van der Waals surface area contributed by atoms with Gasteiger partial charge in [-0.15, -0.1) is 5.10 Å². The number of piperazine rings is 1. The number of hydrogen-bond donors (Lipinski definition) is 1. The molecule has 0 bridgehead atoms. The van der Waals surface area contributed by atoms with Gasteiger partial charge in [-0.2, -0.15) is 10.1 Å². The SMILES string of the molecule is Fc1ccc(CNc2cnnc(N3CCN(c4ccccc4F)CC3)n2)cc1. The van der Waals surface area contributed by atoms with Gasteiger partial charge < -0.3 is 15.1 Å². The van der Waals surface area contributed by atoms with Crippen molar-refractivity contribution < 1.29 is 8.78 Å². The molecule has 1 aromatic heterocycles. The molecule has 0 aliphatic carbocycles. The lowest BCUT2D eigenvalue weighted by molar-refractivity contribution is 0.592. The minimum absolute atomic E-state index is 0.208. The zero-order chi connectivity index (χ0) is 19.3. The van der Waals surface area contributed by atoms with Crippen molar-refractivity contribution in [3.05, 3.63) is 71.9 Å². The summed E-state index contributed by atoms with van der Waals surface area (Å²) in [5, 5.41) is 11.3. The molecule has 6 nitrogen and oxygen atoms in total. The Hall–Kier alpha value is -3.29. The second kappa shape index (κ2) is 8.16. The van der Waals surface area contributed by atoms with E-state index in [4.69, 9.17) is 0 Å². The van der Waals surface area contributed by atoms with Gasteiger partial charge >= 0.3 is 0 Å². The highest BCUT2D eigenvalue weighted by Crippen LogP contribution is 2.21. The summed E-state index contributed by atoms with van der Waals surface area (Å²) in [6.45, 7) is 3.23. The Labute approximate surface area is 161 Å². The summed E-state index contributed by atoms with van der Waals surface area (Å²) in [6, 6.07) is 13.1. The standard InChI is InChI=1S/C20H20F2N6/c21-16-7-5-15(6-8-16)13-23-19-14-24-26-20(25-19)28-11-9-27(10-12-28)18-4-2-1-3-17(18)22/h1-8,14H,9-13H2,(H,23,25,26). The summed E-state index contributed by atoms with van der Waals surface area (Å²) < 4.78 is 27.0. The van der Waals surface area contributed by atoms with Crippen molar-refractivity contribution in [3.63, 3.8) is 0 Å². The number of hydrogen-bond acceptors (Lipinski definition) is 6. The second-order valence-electron chi connectivity index (χ2n) is 6.55. The summed E-state index contributed by atoms with van der Waals surface area (Å²) in [4.78, 5) is 8.58. The van der Waals surface area contributed by atoms with Gasteiger partial charge in [-0.25, -0.2) is 8.78 Å². The summed E-state index contributed by atoms with van der Waals surface area (Å²) in [6.07, 6.45) is 1.56. The normalized spacial score (nSPS) is 14.2. The number of rotatable bonds is 5. The van der Waals surface area contributed by atoms with Crippen LogP contribution in [0.4, 0.5) is 26.2 Å². The molecule has 0 radical (unpaired) electrons. The molecule has 0 amide bonds. The van der Waals surface area contributed by atoms with E-state index < -0.39 is 0 Å². The van der Waals surface area contributed by atoms with Crippen LogP contribution in [-0.2, 0) is 6.54 Å². The lowest BCUT2D eigenvalue weighted by Crippen LogP contribution is -2.47. The lowest BCUT2D eigenvalue weighted by Gasteiger charge is -2.36. The van der Waals surface area contributed by atoms with Crippen LogP contribution in [-0.4, -0.2) is 41.4 Å². The molecule has 1 fully saturated rings. The summed E-state index contributed by atoms with van der Waals surface area (Å²) in [5.41, 5.74) is 1.57. The number of nitrogens with one attached hydrogen (secondary N) is 1. The van der Waals surface area contributed by atoms with Crippen LogP contribution in [0.2, 0.25) is 0 Å². The van der Waals surface area contributed by atoms with Gasteiger partial charge in [0.2, 0.25) is 5.95 Å². The zero-order valence-electron chi connectivity index (χ0n) is 15.2. The molecule has 0 unspecified atom stereocenters. The first-order valence-electron chi connectivity index (χ1n) is 9.11. The number of aromatic nitrogens is 3. The molecule has 8 heteroatoms. The van der Waals surface area contributed by atoms with Gasteiger partial charge in [0.25, 0.3) is 0 Å². The Morgan fingerprint density at radius 2 is 1.61 bits per heavy atom. The van der Waals surface area contributed by atoms with Gasteiger partial charge in [0.1, 0.15) is 11.6 Å². The van der Waals surface area contributed by atoms with Crippen molar-refractivity contribution in [1.29, 1.82) is 0 Å². The van der Waals surface area contributed by atoms with Crippen LogP contribution in [0.5, 0.6) is 0 Å². The highest BCUT2D eigenvalue weighted by molar-refractivity contribution is 5.50. The molecule has 1 saturated heterocycles. The predicted octanol–water partition coefficient (Wildman–Crippen LogP) is 3.09. The Morgan fingerprint density at radius 1 is 0.893 bits per heavy atom. The number of benzene rings is 2. The molecule has 3 aromatic rings. The third-order valence-corrected chi connectivity index (χ3v) is 4.69.